The van der Waals surface area contributed by atoms with Gasteiger partial charge < -0.3 is 0 Å². The van der Waals surface area contributed by atoms with Crippen molar-refractivity contribution >= 4 is 0 Å². The van der Waals surface area contributed by atoms with Crippen LogP contribution in [0.4, 0.5) is 0 Å². The molecule has 4 rings (SSSR count). The van der Waals surface area contributed by atoms with Crippen molar-refractivity contribution in [2.75, 3.05) is 0 Å². The first-order valence-electron chi connectivity index (χ1n) is 4.40. The third-order valence-corrected chi connectivity index (χ3v) is 3.01. The molecule has 2 aliphatic heterocycles. The van der Waals surface area contributed by atoms with E-state index in [2.05, 4.69) is 20.8 Å². The van der Waals surface area contributed by atoms with Crippen molar-refractivity contribution in [3.8, 4) is 0 Å². The molecule has 0 saturated heterocycles. The van der Waals surface area contributed by atoms with Gasteiger partial charge in [0.15, 0.2) is 6.20 Å². The Labute approximate surface area is 65.6 Å². The van der Waals surface area contributed by atoms with Gasteiger partial charge in [-0.2, -0.15) is 4.68 Å². The van der Waals surface area contributed by atoms with E-state index in [1.165, 1.54) is 25.7 Å². The summed E-state index contributed by atoms with van der Waals surface area (Å²) in [5.74, 6) is 0. The largest absolute Gasteiger partial charge is 0.206 e. The van der Waals surface area contributed by atoms with E-state index in [4.69, 9.17) is 0 Å². The second kappa shape index (κ2) is 1.84. The first-order valence-corrected chi connectivity index (χ1v) is 4.40. The monoisotopic (exact) mass is 150 g/mol. The molecule has 0 amide bonds. The van der Waals surface area contributed by atoms with Gasteiger partial charge in [0, 0.05) is 5.10 Å². The smallest absolute Gasteiger partial charge is 0.157 e. The van der Waals surface area contributed by atoms with Crippen molar-refractivity contribution in [1.82, 2.24) is 9.90 Å². The molecule has 1 fully saturated rings. The molecule has 0 atom stereocenters. The molecule has 3 heterocycles. The van der Waals surface area contributed by atoms with Crippen LogP contribution in [0.25, 0.3) is 0 Å². The van der Waals surface area contributed by atoms with Crippen molar-refractivity contribution in [3.05, 3.63) is 12.4 Å². The van der Waals surface area contributed by atoms with E-state index in [0.29, 0.717) is 6.04 Å². The molecule has 3 nitrogen and oxygen atoms in total. The summed E-state index contributed by atoms with van der Waals surface area (Å²) in [6.07, 6.45) is 9.42. The minimum Gasteiger partial charge on any atom is -0.157 e. The van der Waals surface area contributed by atoms with Gasteiger partial charge in [-0.25, -0.2) is 0 Å². The van der Waals surface area contributed by atoms with Gasteiger partial charge in [-0.15, -0.1) is 0 Å². The highest BCUT2D eigenvalue weighted by Gasteiger charge is 2.37. The lowest BCUT2D eigenvalue weighted by Crippen LogP contribution is -2.55. The molecule has 3 aliphatic rings. The maximum Gasteiger partial charge on any atom is 0.206 e. The first kappa shape index (κ1) is 5.75. The van der Waals surface area contributed by atoms with Crippen LogP contribution in [-0.2, 0) is 0 Å². The number of aromatic nitrogens is 3. The molecule has 0 spiro atoms. The zero-order valence-electron chi connectivity index (χ0n) is 6.48. The topological polar surface area (TPSA) is 21.7 Å². The van der Waals surface area contributed by atoms with Crippen molar-refractivity contribution in [2.24, 2.45) is 0 Å². The third kappa shape index (κ3) is 0.633. The highest BCUT2D eigenvalue weighted by Crippen LogP contribution is 2.35. The van der Waals surface area contributed by atoms with Crippen molar-refractivity contribution < 1.29 is 4.68 Å². The summed E-state index contributed by atoms with van der Waals surface area (Å²) < 4.78 is 2.30. The highest BCUT2D eigenvalue weighted by molar-refractivity contribution is 4.75. The van der Waals surface area contributed by atoms with E-state index in [-0.39, 0.29) is 0 Å². The van der Waals surface area contributed by atoms with Gasteiger partial charge in [-0.3, -0.25) is 0 Å². The summed E-state index contributed by atoms with van der Waals surface area (Å²) in [7, 11) is 0. The maximum absolute atomic E-state index is 4.32. The number of hydrogen-bond acceptors (Lipinski definition) is 1. The normalized spacial score (nSPS) is 33.8. The number of nitrogens with zero attached hydrogens (tertiary/aromatic N) is 3. The van der Waals surface area contributed by atoms with Crippen LogP contribution in [0.5, 0.6) is 0 Å². The van der Waals surface area contributed by atoms with Crippen molar-refractivity contribution in [3.63, 3.8) is 0 Å². The predicted octanol–water partition coefficient (Wildman–Crippen LogP) is 0.840. The van der Waals surface area contributed by atoms with Crippen LogP contribution in [0.2, 0.25) is 0 Å². The molecule has 1 saturated carbocycles. The fourth-order valence-corrected chi connectivity index (χ4v) is 2.42. The summed E-state index contributed by atoms with van der Waals surface area (Å²) in [4.78, 5) is 2.16. The summed E-state index contributed by atoms with van der Waals surface area (Å²) in [5, 5.41) is 4.32. The zero-order valence-corrected chi connectivity index (χ0v) is 6.48. The molecule has 1 aromatic heterocycles. The van der Waals surface area contributed by atoms with Crippen LogP contribution in [0.3, 0.4) is 0 Å². The second-order valence-corrected chi connectivity index (χ2v) is 3.58. The summed E-state index contributed by atoms with van der Waals surface area (Å²) in [6, 6.07) is 1.46. The van der Waals surface area contributed by atoms with Gasteiger partial charge in [0.2, 0.25) is 6.20 Å². The van der Waals surface area contributed by atoms with Crippen molar-refractivity contribution in [1.29, 1.82) is 0 Å². The van der Waals surface area contributed by atoms with Crippen LogP contribution >= 0.6 is 0 Å². The number of fused-ring (bicyclic) bond motifs is 2. The molecule has 3 heteroatoms. The van der Waals surface area contributed by atoms with Gasteiger partial charge in [0.25, 0.3) is 0 Å². The Kier molecular flexibility index (Phi) is 0.962. The van der Waals surface area contributed by atoms with Crippen molar-refractivity contribution in [2.45, 2.75) is 37.8 Å². The lowest BCUT2D eigenvalue weighted by atomic mass is 9.89. The Morgan fingerprint density at radius 3 is 2.82 bits per heavy atom. The van der Waals surface area contributed by atoms with Crippen LogP contribution in [0.15, 0.2) is 12.4 Å². The number of rotatable bonds is 0. The summed E-state index contributed by atoms with van der Waals surface area (Å²) in [6.45, 7) is 0. The molecular weight excluding hydrogens is 138 g/mol. The molecule has 1 aliphatic carbocycles. The SMILES string of the molecule is c1c[n+]2n(n1)C1CCC2CC1. The van der Waals surface area contributed by atoms with E-state index >= 15 is 0 Å². The van der Waals surface area contributed by atoms with Gasteiger partial charge in [-0.05, 0) is 30.5 Å². The Balaban J connectivity index is 2.19. The molecular formula is C8H12N3+. The molecule has 0 N–H and O–H groups in total. The third-order valence-electron chi connectivity index (χ3n) is 3.01. The second-order valence-electron chi connectivity index (χ2n) is 3.58. The molecule has 0 radical (unpaired) electrons. The van der Waals surface area contributed by atoms with E-state index in [0.717, 1.165) is 6.04 Å². The molecule has 2 bridgehead atoms. The molecule has 0 unspecified atom stereocenters. The van der Waals surface area contributed by atoms with Crippen LogP contribution in [-0.4, -0.2) is 9.90 Å². The van der Waals surface area contributed by atoms with E-state index < -0.39 is 0 Å². The summed E-state index contributed by atoms with van der Waals surface area (Å²) >= 11 is 0. The van der Waals surface area contributed by atoms with Gasteiger partial charge >= 0.3 is 0 Å². The fraction of sp³-hybridized carbons (Fsp3) is 0.750. The highest BCUT2D eigenvalue weighted by atomic mass is 15.6. The molecule has 0 aromatic carbocycles. The van der Waals surface area contributed by atoms with Crippen LogP contribution in [0.1, 0.15) is 37.8 Å². The first-order chi connectivity index (χ1) is 5.45. The molecule has 1 aromatic rings. The predicted molar refractivity (Wildman–Crippen MR) is 39.0 cm³/mol. The van der Waals surface area contributed by atoms with Gasteiger partial charge in [0.05, 0.1) is 0 Å². The Bertz CT molecular complexity index is 244. The quantitative estimate of drug-likeness (QED) is 0.502. The Hall–Kier alpha value is -0.860. The minimum atomic E-state index is 0.704. The Morgan fingerprint density at radius 2 is 2.09 bits per heavy atom. The van der Waals surface area contributed by atoms with Gasteiger partial charge in [-0.1, -0.05) is 0 Å². The molecule has 11 heavy (non-hydrogen) atoms. The average Bonchev–Trinajstić information content (AvgIpc) is 2.55. The van der Waals surface area contributed by atoms with Crippen LogP contribution in [0, 0.1) is 0 Å². The molecule has 58 valence electrons. The fourth-order valence-electron chi connectivity index (χ4n) is 2.42. The van der Waals surface area contributed by atoms with E-state index in [1.807, 2.05) is 6.20 Å². The minimum absolute atomic E-state index is 0.704. The Morgan fingerprint density at radius 1 is 1.27 bits per heavy atom. The van der Waals surface area contributed by atoms with E-state index in [1.54, 1.807) is 0 Å². The van der Waals surface area contributed by atoms with Gasteiger partial charge in [0.1, 0.15) is 12.1 Å². The van der Waals surface area contributed by atoms with Crippen LogP contribution < -0.4 is 4.68 Å². The lowest BCUT2D eigenvalue weighted by molar-refractivity contribution is -0.820. The van der Waals surface area contributed by atoms with E-state index in [9.17, 15) is 0 Å². The number of hydrogen-bond donors (Lipinski definition) is 0. The zero-order chi connectivity index (χ0) is 7.26. The average molecular weight is 150 g/mol. The standard InChI is InChI=1S/C8H12N3/c1-3-8-4-2-7(1)10-6-5-9-11(8)10/h5-8H,1-4H2/q+1. The maximum atomic E-state index is 4.32. The summed E-state index contributed by atoms with van der Waals surface area (Å²) in [5.41, 5.74) is 0. The lowest BCUT2D eigenvalue weighted by Gasteiger charge is -2.31.